The quantitative estimate of drug-likeness (QED) is 0.708. The van der Waals surface area contributed by atoms with Crippen LogP contribution in [0.1, 0.15) is 43.1 Å². The number of anilines is 1. The van der Waals surface area contributed by atoms with Crippen LogP contribution >= 0.6 is 0 Å². The van der Waals surface area contributed by atoms with Crippen molar-refractivity contribution in [3.05, 3.63) is 52.2 Å². The lowest BCUT2D eigenvalue weighted by atomic mass is 9.91. The van der Waals surface area contributed by atoms with E-state index in [9.17, 15) is 4.79 Å². The molecule has 9 heteroatoms. The summed E-state index contributed by atoms with van der Waals surface area (Å²) in [6.07, 6.45) is 5.20. The smallest absolute Gasteiger partial charge is 0.267 e. The molecule has 0 spiro atoms. The zero-order valence-electron chi connectivity index (χ0n) is 16.9. The Bertz CT molecular complexity index is 1050. The van der Waals surface area contributed by atoms with Crippen LogP contribution in [0.2, 0.25) is 0 Å². The largest absolute Gasteiger partial charge is 0.481 e. The molecule has 1 fully saturated rings. The Kier molecular flexibility index (Phi) is 5.28. The molecule has 0 amide bonds. The second kappa shape index (κ2) is 8.02. The van der Waals surface area contributed by atoms with Crippen LogP contribution in [0.5, 0.6) is 5.88 Å². The third kappa shape index (κ3) is 4.13. The van der Waals surface area contributed by atoms with Gasteiger partial charge in [0.2, 0.25) is 11.8 Å². The molecule has 0 bridgehead atoms. The van der Waals surface area contributed by atoms with Gasteiger partial charge in [0.05, 0.1) is 18.8 Å². The van der Waals surface area contributed by atoms with Gasteiger partial charge in [0.1, 0.15) is 0 Å². The molecule has 1 aliphatic carbocycles. The molecule has 1 saturated carbocycles. The van der Waals surface area contributed by atoms with Crippen molar-refractivity contribution in [2.24, 2.45) is 0 Å². The Labute approximate surface area is 168 Å². The van der Waals surface area contributed by atoms with E-state index in [-0.39, 0.29) is 17.6 Å². The highest BCUT2D eigenvalue weighted by Crippen LogP contribution is 2.28. The zero-order chi connectivity index (χ0) is 20.4. The molecule has 0 unspecified atom stereocenters. The van der Waals surface area contributed by atoms with Gasteiger partial charge in [-0.3, -0.25) is 4.79 Å². The van der Waals surface area contributed by atoms with Crippen LogP contribution in [0.4, 0.5) is 5.95 Å². The van der Waals surface area contributed by atoms with Crippen molar-refractivity contribution in [2.75, 3.05) is 12.4 Å². The number of rotatable bonds is 5. The zero-order valence-corrected chi connectivity index (χ0v) is 16.9. The van der Waals surface area contributed by atoms with Crippen molar-refractivity contribution >= 4 is 5.95 Å². The highest BCUT2D eigenvalue weighted by Gasteiger charge is 2.24. The molecule has 4 rings (SSSR count). The first-order valence-electron chi connectivity index (χ1n) is 9.80. The maximum atomic E-state index is 12.5. The summed E-state index contributed by atoms with van der Waals surface area (Å²) in [5.74, 6) is 1.77. The van der Waals surface area contributed by atoms with E-state index in [0.29, 0.717) is 17.6 Å². The number of aryl methyl sites for hydroxylation is 2. The first kappa shape index (κ1) is 19.1. The second-order valence-corrected chi connectivity index (χ2v) is 7.39. The molecule has 0 saturated heterocycles. The fraction of sp³-hybridized carbons (Fsp3) is 0.450. The maximum Gasteiger partial charge on any atom is 0.267 e. The molecule has 0 aromatic carbocycles. The van der Waals surface area contributed by atoms with E-state index in [1.54, 1.807) is 40.9 Å². The van der Waals surface area contributed by atoms with Crippen LogP contribution in [0.25, 0.3) is 5.82 Å². The standard InChI is InChI=1S/C20H25N7O2/c1-13-12-14(2)26(24-13)17-8-9-19(28)27(25-17)16-6-4-15(5-7-16)22-20-21-11-10-18(23-20)29-3/h8-12,15-16H,4-7H2,1-3H3,(H,21,22,23). The summed E-state index contributed by atoms with van der Waals surface area (Å²) in [5.41, 5.74) is 1.84. The monoisotopic (exact) mass is 395 g/mol. The Morgan fingerprint density at radius 1 is 1.10 bits per heavy atom. The summed E-state index contributed by atoms with van der Waals surface area (Å²) >= 11 is 0. The lowest BCUT2D eigenvalue weighted by molar-refractivity contribution is 0.302. The first-order valence-corrected chi connectivity index (χ1v) is 9.80. The van der Waals surface area contributed by atoms with Crippen molar-refractivity contribution in [1.82, 2.24) is 29.5 Å². The molecule has 3 heterocycles. The van der Waals surface area contributed by atoms with E-state index in [1.165, 1.54) is 0 Å². The summed E-state index contributed by atoms with van der Waals surface area (Å²) in [6, 6.07) is 7.35. The van der Waals surface area contributed by atoms with Crippen LogP contribution in [-0.4, -0.2) is 42.7 Å². The van der Waals surface area contributed by atoms with Gasteiger partial charge in [-0.2, -0.15) is 10.1 Å². The minimum Gasteiger partial charge on any atom is -0.481 e. The molecule has 1 aliphatic rings. The molecule has 152 valence electrons. The predicted molar refractivity (Wildman–Crippen MR) is 109 cm³/mol. The Morgan fingerprint density at radius 3 is 2.59 bits per heavy atom. The molecule has 3 aromatic rings. The van der Waals surface area contributed by atoms with Crippen molar-refractivity contribution in [2.45, 2.75) is 51.6 Å². The first-order chi connectivity index (χ1) is 14.0. The van der Waals surface area contributed by atoms with Gasteiger partial charge in [0, 0.05) is 30.1 Å². The number of methoxy groups -OCH3 is 1. The average molecular weight is 395 g/mol. The van der Waals surface area contributed by atoms with Crippen LogP contribution < -0.4 is 15.6 Å². The second-order valence-electron chi connectivity index (χ2n) is 7.39. The van der Waals surface area contributed by atoms with E-state index in [1.807, 2.05) is 19.9 Å². The molecule has 29 heavy (non-hydrogen) atoms. The number of nitrogens with zero attached hydrogens (tertiary/aromatic N) is 6. The Morgan fingerprint density at radius 2 is 1.90 bits per heavy atom. The fourth-order valence-corrected chi connectivity index (χ4v) is 3.82. The van der Waals surface area contributed by atoms with Gasteiger partial charge in [-0.25, -0.2) is 14.3 Å². The van der Waals surface area contributed by atoms with Crippen molar-refractivity contribution in [3.8, 4) is 11.7 Å². The van der Waals surface area contributed by atoms with E-state index >= 15 is 0 Å². The molecule has 0 aliphatic heterocycles. The minimum absolute atomic E-state index is 0.0729. The summed E-state index contributed by atoms with van der Waals surface area (Å²) in [5, 5.41) is 12.5. The van der Waals surface area contributed by atoms with E-state index in [2.05, 4.69) is 25.5 Å². The van der Waals surface area contributed by atoms with Gasteiger partial charge in [-0.1, -0.05) is 0 Å². The molecular formula is C20H25N7O2. The predicted octanol–water partition coefficient (Wildman–Crippen LogP) is 2.44. The number of aromatic nitrogens is 6. The van der Waals surface area contributed by atoms with Crippen molar-refractivity contribution in [3.63, 3.8) is 0 Å². The van der Waals surface area contributed by atoms with Gasteiger partial charge in [-0.15, -0.1) is 5.10 Å². The van der Waals surface area contributed by atoms with Crippen LogP contribution in [0, 0.1) is 13.8 Å². The summed E-state index contributed by atoms with van der Waals surface area (Å²) < 4.78 is 8.54. The van der Waals surface area contributed by atoms with Gasteiger partial charge in [-0.05, 0) is 51.7 Å². The molecule has 3 aromatic heterocycles. The van der Waals surface area contributed by atoms with E-state index < -0.39 is 0 Å². The molecular weight excluding hydrogens is 370 g/mol. The minimum atomic E-state index is -0.0807. The van der Waals surface area contributed by atoms with Gasteiger partial charge < -0.3 is 10.1 Å². The van der Waals surface area contributed by atoms with Crippen molar-refractivity contribution in [1.29, 1.82) is 0 Å². The normalized spacial score (nSPS) is 19.1. The van der Waals surface area contributed by atoms with Crippen LogP contribution in [0.3, 0.4) is 0 Å². The number of hydrogen-bond donors (Lipinski definition) is 1. The van der Waals surface area contributed by atoms with E-state index in [4.69, 9.17) is 4.74 Å². The topological polar surface area (TPSA) is 99.7 Å². The third-order valence-electron chi connectivity index (χ3n) is 5.25. The average Bonchev–Trinajstić information content (AvgIpc) is 3.07. The van der Waals surface area contributed by atoms with Gasteiger partial charge in [0.15, 0.2) is 5.82 Å². The number of hydrogen-bond acceptors (Lipinski definition) is 7. The van der Waals surface area contributed by atoms with E-state index in [0.717, 1.165) is 37.1 Å². The van der Waals surface area contributed by atoms with Crippen molar-refractivity contribution < 1.29 is 4.74 Å². The summed E-state index contributed by atoms with van der Waals surface area (Å²) in [7, 11) is 1.59. The van der Waals surface area contributed by atoms with Gasteiger partial charge >= 0.3 is 0 Å². The Balaban J connectivity index is 1.46. The SMILES string of the molecule is COc1ccnc(NC2CCC(n3nc(-n4nc(C)cc4C)ccc3=O)CC2)n1. The lowest BCUT2D eigenvalue weighted by Gasteiger charge is -2.29. The molecule has 0 atom stereocenters. The summed E-state index contributed by atoms with van der Waals surface area (Å²) in [4.78, 5) is 21.0. The molecule has 0 radical (unpaired) electrons. The maximum absolute atomic E-state index is 12.5. The number of ether oxygens (including phenoxy) is 1. The highest BCUT2D eigenvalue weighted by molar-refractivity contribution is 5.29. The summed E-state index contributed by atoms with van der Waals surface area (Å²) in [6.45, 7) is 3.93. The number of nitrogens with one attached hydrogen (secondary N) is 1. The van der Waals surface area contributed by atoms with Gasteiger partial charge in [0.25, 0.3) is 5.56 Å². The molecule has 9 nitrogen and oxygen atoms in total. The highest BCUT2D eigenvalue weighted by atomic mass is 16.5. The fourth-order valence-electron chi connectivity index (χ4n) is 3.82. The lowest BCUT2D eigenvalue weighted by Crippen LogP contribution is -2.34. The third-order valence-corrected chi connectivity index (χ3v) is 5.25. The van der Waals surface area contributed by atoms with Crippen LogP contribution in [-0.2, 0) is 0 Å². The Hall–Kier alpha value is -3.23. The molecule has 1 N–H and O–H groups in total. The van der Waals surface area contributed by atoms with Crippen LogP contribution in [0.15, 0.2) is 35.3 Å².